The summed E-state index contributed by atoms with van der Waals surface area (Å²) in [4.78, 5) is 0. The van der Waals surface area contributed by atoms with Crippen molar-refractivity contribution >= 4 is 10.1 Å². The number of benzene rings is 1. The zero-order chi connectivity index (χ0) is 12.3. The zero-order valence-electron chi connectivity index (χ0n) is 9.54. The largest absolute Gasteiger partial charge is 0.388 e. The highest BCUT2D eigenvalue weighted by atomic mass is 32.2. The van der Waals surface area contributed by atoms with E-state index in [1.807, 2.05) is 13.8 Å². The molecule has 4 nitrogen and oxygen atoms in total. The molecule has 0 amide bonds. The average Bonchev–Trinajstić information content (AvgIpc) is 2.15. The highest BCUT2D eigenvalue weighted by Crippen LogP contribution is 2.23. The predicted molar refractivity (Wildman–Crippen MR) is 61.7 cm³/mol. The molecule has 1 aromatic carbocycles. The van der Waals surface area contributed by atoms with E-state index < -0.39 is 16.2 Å². The molecule has 0 heterocycles. The maximum atomic E-state index is 10.9. The minimum Gasteiger partial charge on any atom is -0.388 e. The molecule has 5 heteroatoms. The van der Waals surface area contributed by atoms with Crippen molar-refractivity contribution in [2.45, 2.75) is 20.0 Å². The Morgan fingerprint density at radius 2 is 1.69 bits per heavy atom. The molecule has 16 heavy (non-hydrogen) atoms. The first-order chi connectivity index (χ1) is 7.29. The predicted octanol–water partition coefficient (Wildman–Crippen LogP) is 1.71. The van der Waals surface area contributed by atoms with Crippen LogP contribution in [0.25, 0.3) is 0 Å². The minimum absolute atomic E-state index is 0.113. The molecular weight excluding hydrogens is 228 g/mol. The van der Waals surface area contributed by atoms with Gasteiger partial charge in [0.1, 0.15) is 5.75 Å². The van der Waals surface area contributed by atoms with Crippen LogP contribution in [-0.2, 0) is 10.1 Å². The molecular formula is C11H16O4S. The summed E-state index contributed by atoms with van der Waals surface area (Å²) in [6, 6.07) is 6.38. The third kappa shape index (κ3) is 3.83. The van der Waals surface area contributed by atoms with E-state index in [9.17, 15) is 13.5 Å². The van der Waals surface area contributed by atoms with Gasteiger partial charge in [-0.05, 0) is 23.6 Å². The van der Waals surface area contributed by atoms with E-state index in [-0.39, 0.29) is 11.7 Å². The summed E-state index contributed by atoms with van der Waals surface area (Å²) >= 11 is 0. The monoisotopic (exact) mass is 244 g/mol. The van der Waals surface area contributed by atoms with E-state index >= 15 is 0 Å². The summed E-state index contributed by atoms with van der Waals surface area (Å²) in [6.07, 6.45) is 0.441. The van der Waals surface area contributed by atoms with E-state index in [1.165, 1.54) is 12.1 Å². The molecule has 0 aliphatic rings. The first-order valence-corrected chi connectivity index (χ1v) is 6.79. The average molecular weight is 244 g/mol. The van der Waals surface area contributed by atoms with Gasteiger partial charge in [0.15, 0.2) is 0 Å². The van der Waals surface area contributed by atoms with Crippen LogP contribution in [-0.4, -0.2) is 19.8 Å². The fraction of sp³-hybridized carbons (Fsp3) is 0.455. The standard InChI is InChI=1S/C11H16O4S/c1-8(2)11(12)9-4-6-10(7-5-9)15-16(3,13)14/h4-8,11-12H,1-3H3. The Hall–Kier alpha value is -1.07. The fourth-order valence-electron chi connectivity index (χ4n) is 1.28. The quantitative estimate of drug-likeness (QED) is 0.819. The molecule has 90 valence electrons. The van der Waals surface area contributed by atoms with Crippen molar-refractivity contribution in [1.82, 2.24) is 0 Å². The lowest BCUT2D eigenvalue weighted by Crippen LogP contribution is -2.07. The van der Waals surface area contributed by atoms with Crippen LogP contribution >= 0.6 is 0 Å². The van der Waals surface area contributed by atoms with Gasteiger partial charge in [-0.2, -0.15) is 8.42 Å². The second-order valence-electron chi connectivity index (χ2n) is 4.05. The Morgan fingerprint density at radius 1 is 1.19 bits per heavy atom. The van der Waals surface area contributed by atoms with E-state index in [1.54, 1.807) is 12.1 Å². The molecule has 1 N–H and O–H groups in total. The van der Waals surface area contributed by atoms with Crippen LogP contribution in [0.2, 0.25) is 0 Å². The number of rotatable bonds is 4. The van der Waals surface area contributed by atoms with Crippen LogP contribution in [0.15, 0.2) is 24.3 Å². The molecule has 1 aromatic rings. The van der Waals surface area contributed by atoms with Crippen molar-refractivity contribution in [3.05, 3.63) is 29.8 Å². The van der Waals surface area contributed by atoms with E-state index in [4.69, 9.17) is 0 Å². The molecule has 1 unspecified atom stereocenters. The second-order valence-corrected chi connectivity index (χ2v) is 5.62. The molecule has 0 aromatic heterocycles. The molecule has 0 bridgehead atoms. The topological polar surface area (TPSA) is 63.6 Å². The first-order valence-electron chi connectivity index (χ1n) is 4.97. The van der Waals surface area contributed by atoms with Gasteiger partial charge in [-0.15, -0.1) is 0 Å². The lowest BCUT2D eigenvalue weighted by atomic mass is 9.99. The van der Waals surface area contributed by atoms with Crippen LogP contribution in [0.1, 0.15) is 25.5 Å². The van der Waals surface area contributed by atoms with Crippen molar-refractivity contribution in [2.75, 3.05) is 6.26 Å². The molecule has 0 aliphatic carbocycles. The van der Waals surface area contributed by atoms with Crippen molar-refractivity contribution in [3.8, 4) is 5.75 Å². The lowest BCUT2D eigenvalue weighted by Gasteiger charge is -2.14. The summed E-state index contributed by atoms with van der Waals surface area (Å²) in [5, 5.41) is 9.76. The maximum absolute atomic E-state index is 10.9. The van der Waals surface area contributed by atoms with Gasteiger partial charge in [0.2, 0.25) is 0 Å². The molecule has 0 aliphatic heterocycles. The molecule has 0 fully saturated rings. The maximum Gasteiger partial charge on any atom is 0.306 e. The van der Waals surface area contributed by atoms with Gasteiger partial charge < -0.3 is 9.29 Å². The molecule has 1 atom stereocenters. The number of aliphatic hydroxyl groups is 1. The van der Waals surface area contributed by atoms with Crippen LogP contribution < -0.4 is 4.18 Å². The Balaban J connectivity index is 2.83. The molecule has 0 saturated heterocycles. The Labute approximate surface area is 96.0 Å². The Kier molecular flexibility index (Phi) is 3.93. The van der Waals surface area contributed by atoms with Crippen LogP contribution in [0.5, 0.6) is 5.75 Å². The smallest absolute Gasteiger partial charge is 0.306 e. The van der Waals surface area contributed by atoms with Crippen LogP contribution in [0.3, 0.4) is 0 Å². The lowest BCUT2D eigenvalue weighted by molar-refractivity contribution is 0.127. The molecule has 1 rings (SSSR count). The summed E-state index contributed by atoms with van der Waals surface area (Å²) in [7, 11) is -3.49. The highest BCUT2D eigenvalue weighted by Gasteiger charge is 2.12. The summed E-state index contributed by atoms with van der Waals surface area (Å²) in [6.45, 7) is 3.82. The first kappa shape index (κ1) is 13.0. The summed E-state index contributed by atoms with van der Waals surface area (Å²) in [5.41, 5.74) is 0.746. The van der Waals surface area contributed by atoms with Gasteiger partial charge >= 0.3 is 10.1 Å². The third-order valence-corrected chi connectivity index (χ3v) is 2.60. The summed E-state index contributed by atoms with van der Waals surface area (Å²) < 4.78 is 26.4. The number of hydrogen-bond acceptors (Lipinski definition) is 4. The second kappa shape index (κ2) is 4.84. The minimum atomic E-state index is -3.49. The van der Waals surface area contributed by atoms with Gasteiger partial charge in [-0.3, -0.25) is 0 Å². The van der Waals surface area contributed by atoms with Gasteiger partial charge in [0, 0.05) is 0 Å². The molecule has 0 radical (unpaired) electrons. The van der Waals surface area contributed by atoms with E-state index in [0.717, 1.165) is 11.8 Å². The van der Waals surface area contributed by atoms with E-state index in [2.05, 4.69) is 4.18 Å². The number of aliphatic hydroxyl groups excluding tert-OH is 1. The van der Waals surface area contributed by atoms with E-state index in [0.29, 0.717) is 0 Å². The van der Waals surface area contributed by atoms with Crippen molar-refractivity contribution in [2.24, 2.45) is 5.92 Å². The van der Waals surface area contributed by atoms with Crippen molar-refractivity contribution < 1.29 is 17.7 Å². The zero-order valence-corrected chi connectivity index (χ0v) is 10.4. The number of hydrogen-bond donors (Lipinski definition) is 1. The van der Waals surface area contributed by atoms with Crippen LogP contribution in [0.4, 0.5) is 0 Å². The summed E-state index contributed by atoms with van der Waals surface area (Å²) in [5.74, 6) is 0.365. The SMILES string of the molecule is CC(C)C(O)c1ccc(OS(C)(=O)=O)cc1. The van der Waals surface area contributed by atoms with Crippen molar-refractivity contribution in [3.63, 3.8) is 0 Å². The molecule has 0 saturated carbocycles. The third-order valence-electron chi connectivity index (χ3n) is 2.10. The normalized spacial score (nSPS) is 13.8. The fourth-order valence-corrected chi connectivity index (χ4v) is 1.74. The van der Waals surface area contributed by atoms with Gasteiger partial charge in [-0.25, -0.2) is 0 Å². The van der Waals surface area contributed by atoms with Gasteiger partial charge in [-0.1, -0.05) is 26.0 Å². The Morgan fingerprint density at radius 3 is 2.06 bits per heavy atom. The Bertz CT molecular complexity index is 434. The van der Waals surface area contributed by atoms with Crippen molar-refractivity contribution in [1.29, 1.82) is 0 Å². The van der Waals surface area contributed by atoms with Crippen LogP contribution in [0, 0.1) is 5.92 Å². The molecule has 0 spiro atoms. The van der Waals surface area contributed by atoms with Gasteiger partial charge in [0.05, 0.1) is 12.4 Å². The van der Waals surface area contributed by atoms with Gasteiger partial charge in [0.25, 0.3) is 0 Å². The highest BCUT2D eigenvalue weighted by molar-refractivity contribution is 7.86.